The molecule has 2 unspecified atom stereocenters. The normalized spacial score (nSPS) is 25.5. The molecule has 2 atom stereocenters. The monoisotopic (exact) mass is 343 g/mol. The number of hydrogen-bond acceptors (Lipinski definition) is 4. The van der Waals surface area contributed by atoms with E-state index in [1.807, 2.05) is 6.92 Å². The molecule has 1 aliphatic heterocycles. The largest absolute Gasteiger partial charge is 0.496 e. The fraction of sp³-hybridized carbons (Fsp3) is 0.500. The Bertz CT molecular complexity index is 508. The molecule has 20 heavy (non-hydrogen) atoms. The van der Waals surface area contributed by atoms with Gasteiger partial charge in [0, 0.05) is 25.1 Å². The third kappa shape index (κ3) is 3.13. The number of carbonyl (C=O) groups excluding carboxylic acids is 1. The Labute approximate surface area is 126 Å². The van der Waals surface area contributed by atoms with Gasteiger partial charge < -0.3 is 19.9 Å². The van der Waals surface area contributed by atoms with Crippen molar-refractivity contribution in [2.45, 2.75) is 25.0 Å². The second-order valence-corrected chi connectivity index (χ2v) is 5.75. The van der Waals surface area contributed by atoms with Crippen LogP contribution in [0.2, 0.25) is 0 Å². The van der Waals surface area contributed by atoms with E-state index >= 15 is 0 Å². The summed E-state index contributed by atoms with van der Waals surface area (Å²) in [5.41, 5.74) is -0.479. The Morgan fingerprint density at radius 2 is 2.40 bits per heavy atom. The van der Waals surface area contributed by atoms with E-state index in [4.69, 9.17) is 9.47 Å². The summed E-state index contributed by atoms with van der Waals surface area (Å²) in [4.78, 5) is 12.1. The van der Waals surface area contributed by atoms with Crippen molar-refractivity contribution >= 4 is 21.8 Å². The van der Waals surface area contributed by atoms with Gasteiger partial charge in [-0.25, -0.2) is 0 Å². The zero-order valence-electron chi connectivity index (χ0n) is 11.5. The van der Waals surface area contributed by atoms with Crippen LogP contribution in [0.3, 0.4) is 0 Å². The molecular weight excluding hydrogens is 326 g/mol. The number of rotatable bonds is 4. The molecule has 0 aliphatic carbocycles. The maximum absolute atomic E-state index is 12.1. The number of benzene rings is 1. The van der Waals surface area contributed by atoms with E-state index in [2.05, 4.69) is 21.2 Å². The van der Waals surface area contributed by atoms with E-state index in [0.29, 0.717) is 28.8 Å². The Morgan fingerprint density at radius 1 is 1.65 bits per heavy atom. The van der Waals surface area contributed by atoms with Gasteiger partial charge in [-0.15, -0.1) is 0 Å². The average Bonchev–Trinajstić information content (AvgIpc) is 2.76. The van der Waals surface area contributed by atoms with E-state index in [9.17, 15) is 9.90 Å². The van der Waals surface area contributed by atoms with Crippen molar-refractivity contribution in [1.82, 2.24) is 5.32 Å². The minimum absolute atomic E-state index is 0.177. The second kappa shape index (κ2) is 6.11. The smallest absolute Gasteiger partial charge is 0.251 e. The van der Waals surface area contributed by atoms with Crippen LogP contribution in [0.15, 0.2) is 22.7 Å². The molecule has 2 N–H and O–H groups in total. The molecule has 0 saturated carbocycles. The minimum atomic E-state index is -0.987. The zero-order chi connectivity index (χ0) is 14.8. The van der Waals surface area contributed by atoms with Gasteiger partial charge >= 0.3 is 0 Å². The van der Waals surface area contributed by atoms with E-state index in [-0.39, 0.29) is 18.6 Å². The van der Waals surface area contributed by atoms with Crippen molar-refractivity contribution in [2.24, 2.45) is 0 Å². The van der Waals surface area contributed by atoms with E-state index in [1.165, 1.54) is 0 Å². The molecular formula is C14H18BrNO4. The third-order valence-corrected chi connectivity index (χ3v) is 4.25. The number of ether oxygens (including phenoxy) is 2. The quantitative estimate of drug-likeness (QED) is 0.873. The Morgan fingerprint density at radius 3 is 2.95 bits per heavy atom. The second-order valence-electron chi connectivity index (χ2n) is 4.90. The van der Waals surface area contributed by atoms with E-state index in [1.54, 1.807) is 25.3 Å². The first-order valence-electron chi connectivity index (χ1n) is 6.42. The number of halogens is 1. The van der Waals surface area contributed by atoms with Crippen molar-refractivity contribution in [1.29, 1.82) is 0 Å². The van der Waals surface area contributed by atoms with Gasteiger partial charge in [0.05, 0.1) is 17.7 Å². The fourth-order valence-electron chi connectivity index (χ4n) is 2.15. The van der Waals surface area contributed by atoms with Crippen molar-refractivity contribution in [3.05, 3.63) is 28.2 Å². The highest BCUT2D eigenvalue weighted by Gasteiger charge is 2.39. The van der Waals surface area contributed by atoms with E-state index < -0.39 is 5.60 Å². The molecule has 5 nitrogen and oxygen atoms in total. The predicted molar refractivity (Wildman–Crippen MR) is 78.0 cm³/mol. The summed E-state index contributed by atoms with van der Waals surface area (Å²) in [5, 5.41) is 13.1. The highest BCUT2D eigenvalue weighted by molar-refractivity contribution is 9.10. The van der Waals surface area contributed by atoms with Gasteiger partial charge in [-0.3, -0.25) is 4.79 Å². The van der Waals surface area contributed by atoms with Crippen LogP contribution in [0.4, 0.5) is 0 Å². The molecule has 1 aromatic rings. The van der Waals surface area contributed by atoms with Gasteiger partial charge in [-0.2, -0.15) is 0 Å². The first-order chi connectivity index (χ1) is 9.46. The highest BCUT2D eigenvalue weighted by Crippen LogP contribution is 2.26. The molecule has 1 aromatic carbocycles. The first kappa shape index (κ1) is 15.3. The Hall–Kier alpha value is -1.11. The molecule has 0 spiro atoms. The van der Waals surface area contributed by atoms with Gasteiger partial charge in [0.2, 0.25) is 0 Å². The average molecular weight is 344 g/mol. The molecule has 0 aromatic heterocycles. The van der Waals surface area contributed by atoms with Gasteiger partial charge in [0.15, 0.2) is 0 Å². The lowest BCUT2D eigenvalue weighted by Gasteiger charge is -2.26. The number of methoxy groups -OCH3 is 1. The van der Waals surface area contributed by atoms with Crippen molar-refractivity contribution in [3.8, 4) is 5.75 Å². The zero-order valence-corrected chi connectivity index (χ0v) is 13.1. The summed E-state index contributed by atoms with van der Waals surface area (Å²) in [5.74, 6) is 0.430. The lowest BCUT2D eigenvalue weighted by Crippen LogP contribution is -2.47. The molecule has 0 bridgehead atoms. The van der Waals surface area contributed by atoms with Crippen LogP contribution >= 0.6 is 15.9 Å². The maximum atomic E-state index is 12.1. The van der Waals surface area contributed by atoms with Crippen LogP contribution in [-0.4, -0.2) is 43.0 Å². The summed E-state index contributed by atoms with van der Waals surface area (Å²) in [6, 6.07) is 5.08. The lowest BCUT2D eigenvalue weighted by atomic mass is 9.96. The van der Waals surface area contributed by atoms with Crippen molar-refractivity contribution < 1.29 is 19.4 Å². The fourth-order valence-corrected chi connectivity index (χ4v) is 2.69. The summed E-state index contributed by atoms with van der Waals surface area (Å²) >= 11 is 3.34. The number of aliphatic hydroxyl groups is 1. The maximum Gasteiger partial charge on any atom is 0.251 e. The van der Waals surface area contributed by atoms with Gasteiger partial charge in [-0.1, -0.05) is 0 Å². The van der Waals surface area contributed by atoms with Crippen molar-refractivity contribution in [2.75, 3.05) is 20.3 Å². The highest BCUT2D eigenvalue weighted by atomic mass is 79.9. The van der Waals surface area contributed by atoms with Crippen LogP contribution in [0.25, 0.3) is 0 Å². The lowest BCUT2D eigenvalue weighted by molar-refractivity contribution is -0.0251. The third-order valence-electron chi connectivity index (χ3n) is 3.63. The molecule has 110 valence electrons. The van der Waals surface area contributed by atoms with Gasteiger partial charge in [0.25, 0.3) is 5.91 Å². The summed E-state index contributed by atoms with van der Waals surface area (Å²) < 4.78 is 11.2. The van der Waals surface area contributed by atoms with Crippen molar-refractivity contribution in [3.63, 3.8) is 0 Å². The van der Waals surface area contributed by atoms with Gasteiger partial charge in [-0.05, 0) is 41.1 Å². The summed E-state index contributed by atoms with van der Waals surface area (Å²) in [6.07, 6.45) is 0.256. The molecule has 0 radical (unpaired) electrons. The van der Waals surface area contributed by atoms with Crippen LogP contribution in [-0.2, 0) is 4.74 Å². The summed E-state index contributed by atoms with van der Waals surface area (Å²) in [7, 11) is 1.57. The number of amides is 1. The Kier molecular flexibility index (Phi) is 4.67. The molecule has 2 rings (SSSR count). The Balaban J connectivity index is 2.00. The molecule has 6 heteroatoms. The van der Waals surface area contributed by atoms with E-state index in [0.717, 1.165) is 0 Å². The topological polar surface area (TPSA) is 67.8 Å². The minimum Gasteiger partial charge on any atom is -0.496 e. The molecule has 1 amide bonds. The SMILES string of the molecule is COc1ccc(C(=O)NCC2(O)CCOC2C)cc1Br. The molecule has 1 heterocycles. The number of nitrogens with one attached hydrogen (secondary N) is 1. The first-order valence-corrected chi connectivity index (χ1v) is 7.21. The van der Waals surface area contributed by atoms with Gasteiger partial charge in [0.1, 0.15) is 11.4 Å². The van der Waals surface area contributed by atoms with Crippen LogP contribution in [0, 0.1) is 0 Å². The standard InChI is InChI=1S/C14H18BrNO4/c1-9-14(18,5-6-20-9)8-16-13(17)10-3-4-12(19-2)11(15)7-10/h3-4,7,9,18H,5-6,8H2,1-2H3,(H,16,17). The van der Waals surface area contributed by atoms with Crippen LogP contribution in [0.5, 0.6) is 5.75 Å². The van der Waals surface area contributed by atoms with Crippen LogP contribution in [0.1, 0.15) is 23.7 Å². The number of hydrogen-bond donors (Lipinski definition) is 2. The van der Waals surface area contributed by atoms with Crippen LogP contribution < -0.4 is 10.1 Å². The molecule has 1 saturated heterocycles. The molecule has 1 fully saturated rings. The number of carbonyl (C=O) groups is 1. The summed E-state index contributed by atoms with van der Waals surface area (Å²) in [6.45, 7) is 2.50. The predicted octanol–water partition coefficient (Wildman–Crippen LogP) is 1.73. The molecule has 1 aliphatic rings.